The summed E-state index contributed by atoms with van der Waals surface area (Å²) >= 11 is 0. The number of halogens is 2. The third kappa shape index (κ3) is 8.29. The Morgan fingerprint density at radius 3 is 2.39 bits per heavy atom. The van der Waals surface area contributed by atoms with Crippen LogP contribution in [0.15, 0.2) is 47.6 Å². The third-order valence-electron chi connectivity index (χ3n) is 5.60. The molecule has 2 heterocycles. The summed E-state index contributed by atoms with van der Waals surface area (Å²) in [5, 5.41) is 6.62. The van der Waals surface area contributed by atoms with Crippen LogP contribution < -0.4 is 20.4 Å². The molecule has 33 heavy (non-hydrogen) atoms. The Kier molecular flexibility index (Phi) is 10.6. The minimum atomic E-state index is -0.268. The number of piperazine rings is 1. The molecule has 0 amide bonds. The molecule has 2 N–H and O–H groups in total. The molecular formula is C24H36FIN6O. The third-order valence-corrected chi connectivity index (χ3v) is 5.60. The average molecular weight is 570 g/mol. The van der Waals surface area contributed by atoms with E-state index in [0.717, 1.165) is 55.8 Å². The summed E-state index contributed by atoms with van der Waals surface area (Å²) in [7, 11) is 1.71. The summed E-state index contributed by atoms with van der Waals surface area (Å²) in [6.07, 6.45) is 1.85. The van der Waals surface area contributed by atoms with Crippen LogP contribution >= 0.6 is 24.0 Å². The second kappa shape index (κ2) is 12.9. The van der Waals surface area contributed by atoms with Crippen molar-refractivity contribution < 1.29 is 9.13 Å². The maximum Gasteiger partial charge on any atom is 0.191 e. The highest BCUT2D eigenvalue weighted by molar-refractivity contribution is 14.0. The highest BCUT2D eigenvalue weighted by Gasteiger charge is 2.19. The van der Waals surface area contributed by atoms with Crippen molar-refractivity contribution in [3.05, 3.63) is 54.0 Å². The molecule has 0 spiro atoms. The summed E-state index contributed by atoms with van der Waals surface area (Å²) in [6, 6.07) is 10.8. The molecule has 0 bridgehead atoms. The lowest BCUT2D eigenvalue weighted by molar-refractivity contribution is 0.0268. The summed E-state index contributed by atoms with van der Waals surface area (Å²) in [5.74, 6) is 1.53. The Labute approximate surface area is 213 Å². The predicted octanol–water partition coefficient (Wildman–Crippen LogP) is 3.65. The zero-order valence-corrected chi connectivity index (χ0v) is 22.3. The van der Waals surface area contributed by atoms with Crippen molar-refractivity contribution in [2.45, 2.75) is 32.9 Å². The maximum atomic E-state index is 13.2. The number of nitrogens with one attached hydrogen (secondary N) is 2. The Hall–Kier alpha value is -2.14. The normalized spacial score (nSPS) is 14.6. The summed E-state index contributed by atoms with van der Waals surface area (Å²) < 4.78 is 18.7. The van der Waals surface area contributed by atoms with Crippen LogP contribution in [0.5, 0.6) is 0 Å². The van der Waals surface area contributed by atoms with Gasteiger partial charge >= 0.3 is 0 Å². The van der Waals surface area contributed by atoms with Crippen molar-refractivity contribution in [2.75, 3.05) is 56.2 Å². The molecule has 1 aliphatic rings. The van der Waals surface area contributed by atoms with Gasteiger partial charge in [-0.15, -0.1) is 24.0 Å². The number of guanidine groups is 1. The van der Waals surface area contributed by atoms with E-state index < -0.39 is 0 Å². The lowest BCUT2D eigenvalue weighted by atomic mass is 10.1. The number of hydrogen-bond donors (Lipinski definition) is 2. The molecule has 1 saturated heterocycles. The second-order valence-corrected chi connectivity index (χ2v) is 8.49. The van der Waals surface area contributed by atoms with Crippen LogP contribution in [0.1, 0.15) is 26.3 Å². The maximum absolute atomic E-state index is 13.2. The van der Waals surface area contributed by atoms with E-state index in [-0.39, 0.29) is 35.4 Å². The predicted molar refractivity (Wildman–Crippen MR) is 144 cm³/mol. The molecule has 0 saturated carbocycles. The molecule has 1 aromatic heterocycles. The summed E-state index contributed by atoms with van der Waals surface area (Å²) in [6.45, 7) is 11.6. The molecule has 9 heteroatoms. The molecule has 1 aliphatic heterocycles. The highest BCUT2D eigenvalue weighted by Crippen LogP contribution is 2.20. The van der Waals surface area contributed by atoms with Crippen LogP contribution in [0.4, 0.5) is 15.9 Å². The summed E-state index contributed by atoms with van der Waals surface area (Å²) in [5.41, 5.74) is 1.90. The number of hydrogen-bond acceptors (Lipinski definition) is 5. The fourth-order valence-electron chi connectivity index (χ4n) is 3.46. The van der Waals surface area contributed by atoms with Crippen molar-refractivity contribution in [1.82, 2.24) is 15.6 Å². The number of aliphatic imine (C=N–C) groups is 1. The minimum absolute atomic E-state index is 0. The number of methoxy groups -OCH3 is 1. The van der Waals surface area contributed by atoms with E-state index in [2.05, 4.69) is 38.4 Å². The van der Waals surface area contributed by atoms with Gasteiger partial charge < -0.3 is 25.2 Å². The van der Waals surface area contributed by atoms with E-state index in [1.54, 1.807) is 7.11 Å². The Bertz CT molecular complexity index is 885. The Morgan fingerprint density at radius 2 is 1.76 bits per heavy atom. The van der Waals surface area contributed by atoms with Gasteiger partial charge in [-0.3, -0.25) is 0 Å². The number of pyridine rings is 1. The van der Waals surface area contributed by atoms with E-state index in [1.165, 1.54) is 12.1 Å². The quantitative estimate of drug-likeness (QED) is 0.287. The molecular weight excluding hydrogens is 534 g/mol. The molecule has 0 atom stereocenters. The van der Waals surface area contributed by atoms with Crippen LogP contribution in [0.2, 0.25) is 0 Å². The first kappa shape index (κ1) is 27.1. The number of ether oxygens (including phenoxy) is 1. The van der Waals surface area contributed by atoms with Gasteiger partial charge in [0.2, 0.25) is 0 Å². The van der Waals surface area contributed by atoms with Gasteiger partial charge in [0.25, 0.3) is 0 Å². The van der Waals surface area contributed by atoms with Gasteiger partial charge in [0.1, 0.15) is 11.6 Å². The van der Waals surface area contributed by atoms with Crippen molar-refractivity contribution in [1.29, 1.82) is 0 Å². The van der Waals surface area contributed by atoms with Gasteiger partial charge in [-0.2, -0.15) is 0 Å². The topological polar surface area (TPSA) is 65.0 Å². The van der Waals surface area contributed by atoms with Crippen LogP contribution in [0.25, 0.3) is 0 Å². The van der Waals surface area contributed by atoms with E-state index in [1.807, 2.05) is 38.2 Å². The highest BCUT2D eigenvalue weighted by atomic mass is 127. The monoisotopic (exact) mass is 570 g/mol. The molecule has 7 nitrogen and oxygen atoms in total. The number of rotatable bonds is 8. The smallest absolute Gasteiger partial charge is 0.191 e. The zero-order chi connectivity index (χ0) is 23.0. The standard InChI is InChI=1S/C24H35FN6O.HI/c1-5-26-23(29-18-24(2,3)32-4)28-17-19-10-11-27-22(16-19)31-14-12-30(13-15-31)21-8-6-20(25)7-9-21;/h6-11,16H,5,12-15,17-18H2,1-4H3,(H2,26,28,29);1H. The number of benzene rings is 1. The van der Waals surface area contributed by atoms with Gasteiger partial charge in [0.05, 0.1) is 12.1 Å². The van der Waals surface area contributed by atoms with Crippen LogP contribution in [0.3, 0.4) is 0 Å². The average Bonchev–Trinajstić information content (AvgIpc) is 2.82. The number of aromatic nitrogens is 1. The van der Waals surface area contributed by atoms with Crippen LogP contribution in [-0.4, -0.2) is 62.9 Å². The molecule has 0 aliphatic carbocycles. The van der Waals surface area contributed by atoms with E-state index in [0.29, 0.717) is 13.1 Å². The van der Waals surface area contributed by atoms with Crippen LogP contribution in [0, 0.1) is 5.82 Å². The number of anilines is 2. The van der Waals surface area contributed by atoms with Crippen molar-refractivity contribution in [2.24, 2.45) is 4.99 Å². The molecule has 2 aromatic rings. The van der Waals surface area contributed by atoms with Crippen molar-refractivity contribution >= 4 is 41.4 Å². The van der Waals surface area contributed by atoms with Gasteiger partial charge in [-0.25, -0.2) is 14.4 Å². The van der Waals surface area contributed by atoms with Gasteiger partial charge in [-0.1, -0.05) is 0 Å². The minimum Gasteiger partial charge on any atom is -0.377 e. The Morgan fingerprint density at radius 1 is 1.09 bits per heavy atom. The largest absolute Gasteiger partial charge is 0.377 e. The fraction of sp³-hybridized carbons (Fsp3) is 0.500. The zero-order valence-electron chi connectivity index (χ0n) is 20.0. The second-order valence-electron chi connectivity index (χ2n) is 8.49. The molecule has 0 unspecified atom stereocenters. The van der Waals surface area contributed by atoms with E-state index >= 15 is 0 Å². The lowest BCUT2D eigenvalue weighted by Crippen LogP contribution is -2.46. The first-order chi connectivity index (χ1) is 15.4. The van der Waals surface area contributed by atoms with Gasteiger partial charge in [0.15, 0.2) is 5.96 Å². The summed E-state index contributed by atoms with van der Waals surface area (Å²) in [4.78, 5) is 13.9. The van der Waals surface area contributed by atoms with Gasteiger partial charge in [0, 0.05) is 58.3 Å². The van der Waals surface area contributed by atoms with E-state index in [9.17, 15) is 4.39 Å². The SMILES string of the molecule is CCNC(=NCc1ccnc(N2CCN(c3ccc(F)cc3)CC2)c1)NCC(C)(C)OC.I. The van der Waals surface area contributed by atoms with Crippen molar-refractivity contribution in [3.8, 4) is 0 Å². The Balaban J connectivity index is 0.00000385. The molecule has 0 radical (unpaired) electrons. The lowest BCUT2D eigenvalue weighted by Gasteiger charge is -2.36. The van der Waals surface area contributed by atoms with Crippen LogP contribution in [-0.2, 0) is 11.3 Å². The van der Waals surface area contributed by atoms with E-state index in [4.69, 9.17) is 9.73 Å². The number of nitrogens with zero attached hydrogens (tertiary/aromatic N) is 4. The first-order valence-corrected chi connectivity index (χ1v) is 11.2. The molecule has 1 aromatic carbocycles. The fourth-order valence-corrected chi connectivity index (χ4v) is 3.46. The molecule has 3 rings (SSSR count). The molecule has 1 fully saturated rings. The van der Waals surface area contributed by atoms with Gasteiger partial charge in [-0.05, 0) is 62.7 Å². The van der Waals surface area contributed by atoms with Crippen molar-refractivity contribution in [3.63, 3.8) is 0 Å². The molecule has 182 valence electrons. The first-order valence-electron chi connectivity index (χ1n) is 11.2.